The van der Waals surface area contributed by atoms with Crippen molar-refractivity contribution in [3.05, 3.63) is 66.6 Å². The third kappa shape index (κ3) is 3.84. The lowest BCUT2D eigenvalue weighted by Crippen LogP contribution is -1.84. The van der Waals surface area contributed by atoms with E-state index in [-0.39, 0.29) is 0 Å². The number of aryl methyl sites for hydroxylation is 1. The highest BCUT2D eigenvalue weighted by Crippen LogP contribution is 2.31. The maximum Gasteiger partial charge on any atom is 0.226 e. The van der Waals surface area contributed by atoms with E-state index in [0.717, 1.165) is 35.7 Å². The fourth-order valence-electron chi connectivity index (χ4n) is 2.18. The zero-order chi connectivity index (χ0) is 15.8. The average molecular weight is 360 g/mol. The van der Waals surface area contributed by atoms with Crippen LogP contribution in [-0.4, -0.2) is 22.5 Å². The number of oxazole rings is 1. The largest absolute Gasteiger partial charge is 0.441 e. The number of hydrogen-bond donors (Lipinski definition) is 1. The first-order chi connectivity index (χ1) is 10.9. The summed E-state index contributed by atoms with van der Waals surface area (Å²) < 4.78 is 5.83. The summed E-state index contributed by atoms with van der Waals surface area (Å²) in [6, 6.07) is 18.5. The van der Waals surface area contributed by atoms with Crippen molar-refractivity contribution in [2.75, 3.05) is 12.4 Å². The van der Waals surface area contributed by atoms with Crippen molar-refractivity contribution in [2.24, 2.45) is 0 Å². The molecule has 0 aliphatic carbocycles. The molecule has 1 aromatic heterocycles. The van der Waals surface area contributed by atoms with Crippen molar-refractivity contribution >= 4 is 15.9 Å². The van der Waals surface area contributed by atoms with Gasteiger partial charge in [0.2, 0.25) is 5.89 Å². The summed E-state index contributed by atoms with van der Waals surface area (Å²) >= 11 is 3.41. The number of halogens is 1. The SMILES string of the molecule is BrCCc1cnc(-c2ccccc2-c2ccccc2)o1.CO. The van der Waals surface area contributed by atoms with Crippen LogP contribution < -0.4 is 0 Å². The van der Waals surface area contributed by atoms with Gasteiger partial charge in [-0.05, 0) is 17.2 Å². The molecular weight excluding hydrogens is 342 g/mol. The summed E-state index contributed by atoms with van der Waals surface area (Å²) in [5.74, 6) is 1.58. The lowest BCUT2D eigenvalue weighted by Gasteiger charge is -2.06. The second-order valence-corrected chi connectivity index (χ2v) is 5.28. The van der Waals surface area contributed by atoms with E-state index in [1.54, 1.807) is 6.20 Å². The average Bonchev–Trinajstić information content (AvgIpc) is 3.06. The van der Waals surface area contributed by atoms with Crippen molar-refractivity contribution in [1.82, 2.24) is 4.98 Å². The monoisotopic (exact) mass is 359 g/mol. The first-order valence-corrected chi connectivity index (χ1v) is 8.11. The van der Waals surface area contributed by atoms with Crippen LogP contribution in [0.4, 0.5) is 0 Å². The number of rotatable bonds is 4. The molecule has 3 aromatic rings. The van der Waals surface area contributed by atoms with Crippen LogP contribution in [0.5, 0.6) is 0 Å². The molecule has 0 radical (unpaired) electrons. The van der Waals surface area contributed by atoms with E-state index >= 15 is 0 Å². The molecule has 0 amide bonds. The number of aromatic nitrogens is 1. The third-order valence-corrected chi connectivity index (χ3v) is 3.53. The van der Waals surface area contributed by atoms with Gasteiger partial charge in [0.25, 0.3) is 0 Å². The lowest BCUT2D eigenvalue weighted by atomic mass is 10.00. The van der Waals surface area contributed by atoms with E-state index in [1.807, 2.05) is 36.4 Å². The maximum atomic E-state index is 7.00. The summed E-state index contributed by atoms with van der Waals surface area (Å²) in [6.45, 7) is 0. The Bertz CT molecular complexity index is 695. The van der Waals surface area contributed by atoms with Crippen molar-refractivity contribution in [1.29, 1.82) is 0 Å². The molecule has 1 heterocycles. The lowest BCUT2D eigenvalue weighted by molar-refractivity contribution is 0.399. The smallest absolute Gasteiger partial charge is 0.226 e. The number of aliphatic hydroxyl groups excluding tert-OH is 1. The summed E-state index contributed by atoms with van der Waals surface area (Å²) in [7, 11) is 1.00. The van der Waals surface area contributed by atoms with Gasteiger partial charge in [-0.25, -0.2) is 4.98 Å². The van der Waals surface area contributed by atoms with Gasteiger partial charge in [-0.2, -0.15) is 0 Å². The Morgan fingerprint density at radius 2 is 1.59 bits per heavy atom. The molecule has 0 aliphatic rings. The molecule has 4 heteroatoms. The summed E-state index contributed by atoms with van der Waals surface area (Å²) in [6.07, 6.45) is 2.65. The van der Waals surface area contributed by atoms with E-state index < -0.39 is 0 Å². The van der Waals surface area contributed by atoms with Gasteiger partial charge in [0, 0.05) is 24.4 Å². The number of benzene rings is 2. The highest BCUT2D eigenvalue weighted by Gasteiger charge is 2.11. The van der Waals surface area contributed by atoms with E-state index in [1.165, 1.54) is 5.56 Å². The summed E-state index contributed by atoms with van der Waals surface area (Å²) in [4.78, 5) is 4.40. The molecule has 0 saturated heterocycles. The first kappa shape index (κ1) is 16.5. The van der Waals surface area contributed by atoms with Gasteiger partial charge in [-0.15, -0.1) is 0 Å². The molecule has 0 fully saturated rings. The molecule has 0 unspecified atom stereocenters. The van der Waals surface area contributed by atoms with Crippen molar-refractivity contribution in [2.45, 2.75) is 6.42 Å². The second kappa shape index (κ2) is 8.51. The van der Waals surface area contributed by atoms with Gasteiger partial charge in [-0.1, -0.05) is 64.5 Å². The van der Waals surface area contributed by atoms with Crippen LogP contribution in [0.15, 0.2) is 65.2 Å². The normalized spacial score (nSPS) is 9.95. The van der Waals surface area contributed by atoms with Crippen molar-refractivity contribution < 1.29 is 9.52 Å². The van der Waals surface area contributed by atoms with E-state index in [9.17, 15) is 0 Å². The Labute approximate surface area is 138 Å². The quantitative estimate of drug-likeness (QED) is 0.694. The van der Waals surface area contributed by atoms with Crippen LogP contribution in [0.1, 0.15) is 5.76 Å². The maximum absolute atomic E-state index is 7.00. The van der Waals surface area contributed by atoms with Gasteiger partial charge in [-0.3, -0.25) is 0 Å². The van der Waals surface area contributed by atoms with Crippen LogP contribution in [-0.2, 0) is 6.42 Å². The number of hydrogen-bond acceptors (Lipinski definition) is 3. The van der Waals surface area contributed by atoms with Gasteiger partial charge < -0.3 is 9.52 Å². The minimum atomic E-state index is 0.681. The molecule has 1 N–H and O–H groups in total. The van der Waals surface area contributed by atoms with Crippen molar-refractivity contribution in [3.8, 4) is 22.6 Å². The van der Waals surface area contributed by atoms with Crippen LogP contribution in [0.3, 0.4) is 0 Å². The predicted octanol–water partition coefficient (Wildman–Crippen LogP) is 4.55. The molecule has 0 saturated carbocycles. The minimum Gasteiger partial charge on any atom is -0.441 e. The van der Waals surface area contributed by atoms with Gasteiger partial charge in [0.1, 0.15) is 5.76 Å². The standard InChI is InChI=1S/C17H14BrNO.CH4O/c18-11-10-14-12-19-17(20-14)16-9-5-4-8-15(16)13-6-2-1-3-7-13;1-2/h1-9,12H,10-11H2;2H,1H3. The van der Waals surface area contributed by atoms with Crippen LogP contribution in [0.25, 0.3) is 22.6 Å². The summed E-state index contributed by atoms with van der Waals surface area (Å²) in [5.41, 5.74) is 3.34. The molecule has 0 aliphatic heterocycles. The van der Waals surface area contributed by atoms with Crippen LogP contribution >= 0.6 is 15.9 Å². The minimum absolute atomic E-state index is 0.681. The fourth-order valence-corrected chi connectivity index (χ4v) is 2.57. The van der Waals surface area contributed by atoms with Crippen LogP contribution in [0, 0.1) is 0 Å². The Kier molecular flexibility index (Phi) is 6.37. The van der Waals surface area contributed by atoms with Gasteiger partial charge in [0.05, 0.1) is 6.20 Å². The summed E-state index contributed by atoms with van der Waals surface area (Å²) in [5, 5.41) is 7.88. The first-order valence-electron chi connectivity index (χ1n) is 6.98. The van der Waals surface area contributed by atoms with Crippen molar-refractivity contribution in [3.63, 3.8) is 0 Å². The predicted molar refractivity (Wildman–Crippen MR) is 93.0 cm³/mol. The zero-order valence-corrected chi connectivity index (χ0v) is 14.0. The molecule has 0 spiro atoms. The highest BCUT2D eigenvalue weighted by molar-refractivity contribution is 9.09. The molecule has 3 nitrogen and oxygen atoms in total. The molecular formula is C18H18BrNO2. The number of alkyl halides is 1. The molecule has 0 atom stereocenters. The van der Waals surface area contributed by atoms with E-state index in [2.05, 4.69) is 39.1 Å². The highest BCUT2D eigenvalue weighted by atomic mass is 79.9. The second-order valence-electron chi connectivity index (χ2n) is 4.48. The molecule has 114 valence electrons. The molecule has 3 rings (SSSR count). The number of nitrogens with zero attached hydrogens (tertiary/aromatic N) is 1. The van der Waals surface area contributed by atoms with E-state index in [4.69, 9.17) is 9.52 Å². The Morgan fingerprint density at radius 3 is 2.27 bits per heavy atom. The zero-order valence-electron chi connectivity index (χ0n) is 12.4. The van der Waals surface area contributed by atoms with E-state index in [0.29, 0.717) is 5.89 Å². The molecule has 2 aromatic carbocycles. The molecule has 22 heavy (non-hydrogen) atoms. The topological polar surface area (TPSA) is 46.3 Å². The Balaban J connectivity index is 0.000000847. The Morgan fingerprint density at radius 1 is 0.955 bits per heavy atom. The van der Waals surface area contributed by atoms with Gasteiger partial charge in [0.15, 0.2) is 0 Å². The fraction of sp³-hybridized carbons (Fsp3) is 0.167. The molecule has 0 bridgehead atoms. The third-order valence-electron chi connectivity index (χ3n) is 3.14. The van der Waals surface area contributed by atoms with Crippen LogP contribution in [0.2, 0.25) is 0 Å². The Hall–Kier alpha value is -1.91. The van der Waals surface area contributed by atoms with Gasteiger partial charge >= 0.3 is 0 Å². The number of aliphatic hydroxyl groups is 1.